The van der Waals surface area contributed by atoms with Gasteiger partial charge in [0.2, 0.25) is 0 Å². The van der Waals surface area contributed by atoms with Crippen LogP contribution in [0.15, 0.2) is 0 Å². The molecule has 1 heteroatoms. The van der Waals surface area contributed by atoms with Gasteiger partial charge in [-0.25, -0.2) is 0 Å². The first-order chi connectivity index (χ1) is 4.93. The number of halogens is 1. The molecule has 66 valence electrons. The van der Waals surface area contributed by atoms with Crippen molar-refractivity contribution in [1.29, 1.82) is 0 Å². The van der Waals surface area contributed by atoms with Crippen molar-refractivity contribution in [1.82, 2.24) is 0 Å². The van der Waals surface area contributed by atoms with Crippen molar-refractivity contribution >= 4 is 11.6 Å². The van der Waals surface area contributed by atoms with E-state index in [1.807, 2.05) is 0 Å². The number of hydrogen-bond acceptors (Lipinski definition) is 0. The van der Waals surface area contributed by atoms with E-state index < -0.39 is 0 Å². The molecule has 0 radical (unpaired) electrons. The van der Waals surface area contributed by atoms with Gasteiger partial charge in [-0.1, -0.05) is 20.8 Å². The molecular weight excluding hydrogens is 156 g/mol. The first-order valence-corrected chi connectivity index (χ1v) is 5.00. The zero-order valence-corrected chi connectivity index (χ0v) is 8.78. The summed E-state index contributed by atoms with van der Waals surface area (Å²) in [5.41, 5.74) is 0. The average molecular weight is 175 g/mol. The van der Waals surface area contributed by atoms with E-state index in [-0.39, 0.29) is 4.87 Å². The largest absolute Gasteiger partial charge is 0.119 e. The molecule has 1 aliphatic carbocycles. The van der Waals surface area contributed by atoms with Crippen molar-refractivity contribution in [2.24, 2.45) is 17.8 Å². The van der Waals surface area contributed by atoms with Crippen LogP contribution in [-0.2, 0) is 0 Å². The van der Waals surface area contributed by atoms with Crippen LogP contribution >= 0.6 is 11.6 Å². The quantitative estimate of drug-likeness (QED) is 0.492. The summed E-state index contributed by atoms with van der Waals surface area (Å²) in [6.07, 6.45) is 2.47. The van der Waals surface area contributed by atoms with Crippen LogP contribution in [0.1, 0.15) is 40.5 Å². The third kappa shape index (κ3) is 1.90. The van der Waals surface area contributed by atoms with Crippen LogP contribution in [0.2, 0.25) is 0 Å². The Kier molecular flexibility index (Phi) is 2.53. The summed E-state index contributed by atoms with van der Waals surface area (Å²) in [4.78, 5) is 0.0614. The van der Waals surface area contributed by atoms with E-state index in [1.54, 1.807) is 0 Å². The van der Waals surface area contributed by atoms with Gasteiger partial charge in [-0.15, -0.1) is 11.6 Å². The van der Waals surface area contributed by atoms with E-state index in [0.29, 0.717) is 5.92 Å². The number of rotatable bonds is 0. The highest BCUT2D eigenvalue weighted by atomic mass is 35.5. The lowest BCUT2D eigenvalue weighted by molar-refractivity contribution is 0.175. The van der Waals surface area contributed by atoms with Crippen molar-refractivity contribution in [3.8, 4) is 0 Å². The highest BCUT2D eigenvalue weighted by Gasteiger charge is 2.37. The van der Waals surface area contributed by atoms with E-state index in [2.05, 4.69) is 27.7 Å². The van der Waals surface area contributed by atoms with E-state index in [0.717, 1.165) is 11.8 Å². The third-order valence-corrected chi connectivity index (χ3v) is 3.97. The molecule has 0 nitrogen and oxygen atoms in total. The summed E-state index contributed by atoms with van der Waals surface area (Å²) in [6, 6.07) is 0. The van der Waals surface area contributed by atoms with Crippen molar-refractivity contribution < 1.29 is 0 Å². The maximum atomic E-state index is 6.38. The second-order valence-corrected chi connectivity index (χ2v) is 5.44. The molecule has 0 heterocycles. The van der Waals surface area contributed by atoms with Gasteiger partial charge in [0.05, 0.1) is 0 Å². The Labute approximate surface area is 75.3 Å². The number of alkyl halides is 1. The van der Waals surface area contributed by atoms with Gasteiger partial charge < -0.3 is 0 Å². The van der Waals surface area contributed by atoms with Crippen LogP contribution in [0.5, 0.6) is 0 Å². The van der Waals surface area contributed by atoms with Crippen molar-refractivity contribution in [3.63, 3.8) is 0 Å². The Morgan fingerprint density at radius 3 is 2.18 bits per heavy atom. The highest BCUT2D eigenvalue weighted by Crippen LogP contribution is 2.43. The van der Waals surface area contributed by atoms with Gasteiger partial charge >= 0.3 is 0 Å². The molecule has 11 heavy (non-hydrogen) atoms. The monoisotopic (exact) mass is 174 g/mol. The van der Waals surface area contributed by atoms with Gasteiger partial charge in [0.1, 0.15) is 0 Å². The number of hydrogen-bond donors (Lipinski definition) is 0. The smallest absolute Gasteiger partial charge is 0.0447 e. The molecule has 0 bridgehead atoms. The zero-order valence-electron chi connectivity index (χ0n) is 8.02. The Morgan fingerprint density at radius 1 is 1.18 bits per heavy atom. The Bertz CT molecular complexity index is 140. The predicted octanol–water partition coefficient (Wildman–Crippen LogP) is 3.69. The summed E-state index contributed by atoms with van der Waals surface area (Å²) < 4.78 is 0. The second kappa shape index (κ2) is 2.97. The lowest BCUT2D eigenvalue weighted by Gasteiger charge is -2.41. The summed E-state index contributed by atoms with van der Waals surface area (Å²) in [6.45, 7) is 9.11. The van der Waals surface area contributed by atoms with Crippen LogP contribution in [0.4, 0.5) is 0 Å². The van der Waals surface area contributed by atoms with Crippen molar-refractivity contribution in [2.45, 2.75) is 45.4 Å². The Morgan fingerprint density at radius 2 is 1.73 bits per heavy atom. The molecule has 0 aliphatic heterocycles. The van der Waals surface area contributed by atoms with Gasteiger partial charge in [-0.3, -0.25) is 0 Å². The summed E-state index contributed by atoms with van der Waals surface area (Å²) in [5, 5.41) is 0. The summed E-state index contributed by atoms with van der Waals surface area (Å²) >= 11 is 6.38. The molecule has 0 spiro atoms. The van der Waals surface area contributed by atoms with Crippen LogP contribution < -0.4 is 0 Å². The fourth-order valence-electron chi connectivity index (χ4n) is 2.07. The van der Waals surface area contributed by atoms with Crippen LogP contribution in [0, 0.1) is 17.8 Å². The van der Waals surface area contributed by atoms with E-state index in [1.165, 1.54) is 12.8 Å². The Hall–Kier alpha value is 0.290. The summed E-state index contributed by atoms with van der Waals surface area (Å²) in [7, 11) is 0. The maximum Gasteiger partial charge on any atom is 0.0447 e. The average Bonchev–Trinajstić information content (AvgIpc) is 1.83. The minimum atomic E-state index is 0.0614. The highest BCUT2D eigenvalue weighted by molar-refractivity contribution is 6.23. The molecule has 0 amide bonds. The molecule has 0 aromatic heterocycles. The zero-order chi connectivity index (χ0) is 8.65. The van der Waals surface area contributed by atoms with E-state index in [4.69, 9.17) is 11.6 Å². The topological polar surface area (TPSA) is 0 Å². The normalized spacial score (nSPS) is 52.6. The molecule has 1 saturated carbocycles. The minimum absolute atomic E-state index is 0.0614. The van der Waals surface area contributed by atoms with Gasteiger partial charge in [0.15, 0.2) is 0 Å². The van der Waals surface area contributed by atoms with Gasteiger partial charge in [-0.05, 0) is 37.5 Å². The molecule has 4 atom stereocenters. The van der Waals surface area contributed by atoms with Crippen LogP contribution in [0.25, 0.3) is 0 Å². The van der Waals surface area contributed by atoms with Gasteiger partial charge in [0, 0.05) is 4.87 Å². The van der Waals surface area contributed by atoms with E-state index in [9.17, 15) is 0 Å². The third-order valence-electron chi connectivity index (χ3n) is 3.45. The fourth-order valence-corrected chi connectivity index (χ4v) is 2.40. The first-order valence-electron chi connectivity index (χ1n) is 4.62. The molecule has 1 fully saturated rings. The lowest BCUT2D eigenvalue weighted by atomic mass is 9.70. The van der Waals surface area contributed by atoms with Crippen molar-refractivity contribution in [2.75, 3.05) is 0 Å². The SMILES string of the molecule is CC1CC(C)C(C)(Cl)CC1C. The van der Waals surface area contributed by atoms with Gasteiger partial charge in [0.25, 0.3) is 0 Å². The van der Waals surface area contributed by atoms with Crippen LogP contribution in [0.3, 0.4) is 0 Å². The Balaban J connectivity index is 2.63. The standard InChI is InChI=1S/C10H19Cl/c1-7-5-9(3)10(4,11)6-8(7)2/h7-9H,5-6H2,1-4H3. The van der Waals surface area contributed by atoms with Crippen molar-refractivity contribution in [3.05, 3.63) is 0 Å². The maximum absolute atomic E-state index is 6.38. The first kappa shape index (κ1) is 9.38. The molecule has 0 aromatic rings. The molecule has 0 saturated heterocycles. The molecule has 1 rings (SSSR count). The molecular formula is C10H19Cl. The fraction of sp³-hybridized carbons (Fsp3) is 1.00. The van der Waals surface area contributed by atoms with Crippen LogP contribution in [-0.4, -0.2) is 4.87 Å². The second-order valence-electron chi connectivity index (χ2n) is 4.57. The van der Waals surface area contributed by atoms with E-state index >= 15 is 0 Å². The minimum Gasteiger partial charge on any atom is -0.119 e. The predicted molar refractivity (Wildman–Crippen MR) is 51.0 cm³/mol. The molecule has 4 unspecified atom stereocenters. The summed E-state index contributed by atoms with van der Waals surface area (Å²) in [5.74, 6) is 2.33. The molecule has 1 aliphatic rings. The lowest BCUT2D eigenvalue weighted by Crippen LogP contribution is -2.37. The van der Waals surface area contributed by atoms with Gasteiger partial charge in [-0.2, -0.15) is 0 Å². The molecule has 0 N–H and O–H groups in total. The molecule has 0 aromatic carbocycles.